The maximum absolute atomic E-state index is 10.2. The average Bonchev–Trinajstić information content (AvgIpc) is 2.57. The van der Waals surface area contributed by atoms with Crippen LogP contribution >= 0.6 is 0 Å². The lowest BCUT2D eigenvalue weighted by Crippen LogP contribution is -2.40. The lowest BCUT2D eigenvalue weighted by Gasteiger charge is -2.38. The van der Waals surface area contributed by atoms with Gasteiger partial charge in [-0.2, -0.15) is 0 Å². The van der Waals surface area contributed by atoms with Crippen LogP contribution in [0.5, 0.6) is 23.0 Å². The predicted octanol–water partition coefficient (Wildman–Crippen LogP) is 3.46. The molecule has 1 aliphatic heterocycles. The average molecular weight is 342 g/mol. The minimum atomic E-state index is 0.101. The van der Waals surface area contributed by atoms with E-state index >= 15 is 0 Å². The van der Waals surface area contributed by atoms with Crippen LogP contribution in [0.25, 0.3) is 6.08 Å². The van der Waals surface area contributed by atoms with E-state index in [9.17, 15) is 10.2 Å². The molecule has 0 amide bonds. The number of phenols is 2. The van der Waals surface area contributed by atoms with Crippen LogP contribution in [0.1, 0.15) is 22.7 Å². The van der Waals surface area contributed by atoms with Crippen LogP contribution in [0.2, 0.25) is 0 Å². The van der Waals surface area contributed by atoms with Crippen molar-refractivity contribution < 1.29 is 24.2 Å². The molecule has 5 heteroatoms. The number of aromatic hydroxyl groups is 2. The fourth-order valence-corrected chi connectivity index (χ4v) is 3.36. The molecule has 25 heavy (non-hydrogen) atoms. The van der Waals surface area contributed by atoms with E-state index in [0.29, 0.717) is 22.4 Å². The summed E-state index contributed by atoms with van der Waals surface area (Å²) in [6, 6.07) is 9.21. The van der Waals surface area contributed by atoms with E-state index in [0.717, 1.165) is 16.7 Å². The largest absolute Gasteiger partial charge is 0.504 e. The van der Waals surface area contributed by atoms with E-state index in [1.54, 1.807) is 25.3 Å². The number of benzene rings is 2. The highest BCUT2D eigenvalue weighted by molar-refractivity contribution is 5.61. The summed E-state index contributed by atoms with van der Waals surface area (Å²) in [5.41, 5.74) is 3.10. The van der Waals surface area contributed by atoms with Crippen molar-refractivity contribution in [1.29, 1.82) is 0 Å². The summed E-state index contributed by atoms with van der Waals surface area (Å²) in [4.78, 5) is 0. The number of methoxy groups -OCH3 is 2. The first-order valence-electron chi connectivity index (χ1n) is 8.15. The molecule has 2 N–H and O–H groups in total. The summed E-state index contributed by atoms with van der Waals surface area (Å²) in [7, 11) is 7.32. The van der Waals surface area contributed by atoms with Gasteiger partial charge in [0.25, 0.3) is 0 Å². The number of likely N-dealkylation sites (N-methyl/N-ethyl adjacent to an activating group) is 1. The molecule has 5 nitrogen and oxygen atoms in total. The Kier molecular flexibility index (Phi) is 4.35. The maximum Gasteiger partial charge on any atom is 0.161 e. The van der Waals surface area contributed by atoms with Gasteiger partial charge in [0, 0.05) is 12.0 Å². The van der Waals surface area contributed by atoms with Crippen molar-refractivity contribution in [3.8, 4) is 23.0 Å². The van der Waals surface area contributed by atoms with E-state index in [1.165, 1.54) is 7.11 Å². The highest BCUT2D eigenvalue weighted by Crippen LogP contribution is 2.42. The van der Waals surface area contributed by atoms with Crippen molar-refractivity contribution >= 4 is 6.08 Å². The number of ether oxygens (including phenoxy) is 2. The zero-order valence-corrected chi connectivity index (χ0v) is 15.0. The molecule has 3 rings (SSSR count). The fraction of sp³-hybridized carbons (Fsp3) is 0.300. The summed E-state index contributed by atoms with van der Waals surface area (Å²) in [5.74, 6) is 1.20. The van der Waals surface area contributed by atoms with Crippen molar-refractivity contribution in [1.82, 2.24) is 0 Å². The van der Waals surface area contributed by atoms with Gasteiger partial charge < -0.3 is 19.7 Å². The number of hydrogen-bond donors (Lipinski definition) is 2. The fourth-order valence-electron chi connectivity index (χ4n) is 3.36. The van der Waals surface area contributed by atoms with E-state index in [-0.39, 0.29) is 17.5 Å². The summed E-state index contributed by atoms with van der Waals surface area (Å²) >= 11 is 0. The van der Waals surface area contributed by atoms with Crippen molar-refractivity contribution in [2.75, 3.05) is 28.3 Å². The van der Waals surface area contributed by atoms with Gasteiger partial charge in [0.1, 0.15) is 6.04 Å². The molecule has 0 saturated carbocycles. The van der Waals surface area contributed by atoms with Gasteiger partial charge in [-0.1, -0.05) is 6.07 Å². The third-order valence-electron chi connectivity index (χ3n) is 4.86. The maximum atomic E-state index is 10.2. The van der Waals surface area contributed by atoms with Crippen LogP contribution in [-0.4, -0.2) is 43.0 Å². The lowest BCUT2D eigenvalue weighted by atomic mass is 9.89. The van der Waals surface area contributed by atoms with Gasteiger partial charge in [-0.05, 0) is 41.5 Å². The Bertz CT molecular complexity index is 827. The summed E-state index contributed by atoms with van der Waals surface area (Å²) in [6.07, 6.45) is 4.90. The zero-order chi connectivity index (χ0) is 18.2. The summed E-state index contributed by atoms with van der Waals surface area (Å²) < 4.78 is 11.0. The Labute approximate surface area is 147 Å². The smallest absolute Gasteiger partial charge is 0.161 e. The van der Waals surface area contributed by atoms with Crippen LogP contribution in [0.4, 0.5) is 0 Å². The van der Waals surface area contributed by atoms with Crippen molar-refractivity contribution in [3.05, 3.63) is 53.2 Å². The molecule has 0 bridgehead atoms. The molecule has 0 radical (unpaired) electrons. The summed E-state index contributed by atoms with van der Waals surface area (Å²) in [5, 5.41) is 20.3. The van der Waals surface area contributed by atoms with Crippen LogP contribution < -0.4 is 9.47 Å². The van der Waals surface area contributed by atoms with E-state index in [2.05, 4.69) is 26.4 Å². The Morgan fingerprint density at radius 1 is 0.960 bits per heavy atom. The van der Waals surface area contributed by atoms with Gasteiger partial charge in [-0.3, -0.25) is 4.48 Å². The van der Waals surface area contributed by atoms with Gasteiger partial charge in [0.15, 0.2) is 23.0 Å². The monoisotopic (exact) mass is 342 g/mol. The molecule has 0 spiro atoms. The molecule has 0 aliphatic carbocycles. The normalized spacial score (nSPS) is 17.8. The molecule has 0 aromatic heterocycles. The molecule has 2 aromatic carbocycles. The third kappa shape index (κ3) is 3.15. The standard InChI is InChI=1S/C20H23NO4/c1-21(2)8-7-14-11-20(25-4)18(23)12-15(14)16(21)9-13-5-6-19(24-3)17(22)10-13/h5-8,10-12,16H,9H2,1-4H3,(H-,22,23)/p+1. The Balaban J connectivity index is 2.01. The van der Waals surface area contributed by atoms with Gasteiger partial charge >= 0.3 is 0 Å². The van der Waals surface area contributed by atoms with E-state index in [1.807, 2.05) is 12.1 Å². The van der Waals surface area contributed by atoms with Gasteiger partial charge in [0.05, 0.1) is 34.5 Å². The highest BCUT2D eigenvalue weighted by atomic mass is 16.5. The second-order valence-corrected chi connectivity index (χ2v) is 6.82. The molecule has 132 valence electrons. The highest BCUT2D eigenvalue weighted by Gasteiger charge is 2.34. The molecule has 0 saturated heterocycles. The quantitative estimate of drug-likeness (QED) is 0.836. The second-order valence-electron chi connectivity index (χ2n) is 6.82. The number of hydrogen-bond acceptors (Lipinski definition) is 4. The first kappa shape index (κ1) is 17.2. The van der Waals surface area contributed by atoms with E-state index < -0.39 is 0 Å². The topological polar surface area (TPSA) is 58.9 Å². The first-order valence-corrected chi connectivity index (χ1v) is 8.15. The molecule has 0 fully saturated rings. The van der Waals surface area contributed by atoms with Crippen LogP contribution in [-0.2, 0) is 6.42 Å². The molecule has 1 aliphatic rings. The molecule has 1 heterocycles. The Morgan fingerprint density at radius 2 is 1.64 bits per heavy atom. The van der Waals surface area contributed by atoms with Crippen LogP contribution in [0.3, 0.4) is 0 Å². The second kappa shape index (κ2) is 6.33. The Hall–Kier alpha value is -2.66. The van der Waals surface area contributed by atoms with Gasteiger partial charge in [0.2, 0.25) is 0 Å². The van der Waals surface area contributed by atoms with E-state index in [4.69, 9.17) is 9.47 Å². The third-order valence-corrected chi connectivity index (χ3v) is 4.86. The molecule has 1 atom stereocenters. The number of fused-ring (bicyclic) bond motifs is 1. The van der Waals surface area contributed by atoms with Crippen LogP contribution in [0.15, 0.2) is 36.5 Å². The summed E-state index contributed by atoms with van der Waals surface area (Å²) in [6.45, 7) is 0. The number of quaternary nitrogens is 1. The number of phenolic OH excluding ortho intramolecular Hbond substituents is 2. The van der Waals surface area contributed by atoms with Crippen molar-refractivity contribution in [2.45, 2.75) is 12.5 Å². The molecular formula is C20H24NO4+. The number of nitrogens with zero attached hydrogens (tertiary/aromatic N) is 1. The lowest BCUT2D eigenvalue weighted by molar-refractivity contribution is -0.871. The minimum absolute atomic E-state index is 0.101. The van der Waals surface area contributed by atoms with Crippen molar-refractivity contribution in [3.63, 3.8) is 0 Å². The van der Waals surface area contributed by atoms with Crippen LogP contribution in [0, 0.1) is 0 Å². The first-order chi connectivity index (χ1) is 11.9. The number of rotatable bonds is 4. The molecular weight excluding hydrogens is 318 g/mol. The zero-order valence-electron chi connectivity index (χ0n) is 15.0. The van der Waals surface area contributed by atoms with Gasteiger partial charge in [-0.25, -0.2) is 0 Å². The SMILES string of the molecule is COc1ccc(CC2c3cc(O)c(OC)cc3C=C[N+]2(C)C)cc1O. The van der Waals surface area contributed by atoms with Crippen molar-refractivity contribution in [2.24, 2.45) is 0 Å². The van der Waals surface area contributed by atoms with Gasteiger partial charge in [-0.15, -0.1) is 0 Å². The minimum Gasteiger partial charge on any atom is -0.504 e. The predicted molar refractivity (Wildman–Crippen MR) is 96.9 cm³/mol. The molecule has 2 aromatic rings. The molecule has 1 unspecified atom stereocenters. The Morgan fingerprint density at radius 3 is 2.28 bits per heavy atom.